The molecule has 1 aliphatic rings. The van der Waals surface area contributed by atoms with Crippen molar-refractivity contribution in [3.8, 4) is 0 Å². The first-order valence-electron chi connectivity index (χ1n) is 7.17. The highest BCUT2D eigenvalue weighted by Crippen LogP contribution is 2.10. The van der Waals surface area contributed by atoms with Gasteiger partial charge in [-0.1, -0.05) is 12.8 Å². The number of nitrogens with one attached hydrogen (secondary N) is 1. The predicted molar refractivity (Wildman–Crippen MR) is 73.6 cm³/mol. The van der Waals surface area contributed by atoms with Crippen molar-refractivity contribution in [3.63, 3.8) is 0 Å². The van der Waals surface area contributed by atoms with Gasteiger partial charge in [0.05, 0.1) is 12.1 Å². The Kier molecular flexibility index (Phi) is 6.65. The Morgan fingerprint density at radius 2 is 1.83 bits per heavy atom. The van der Waals surface area contributed by atoms with Crippen LogP contribution in [0.5, 0.6) is 0 Å². The van der Waals surface area contributed by atoms with Gasteiger partial charge >= 0.3 is 0 Å². The van der Waals surface area contributed by atoms with E-state index in [4.69, 9.17) is 4.74 Å². The molecule has 0 atom stereocenters. The first kappa shape index (κ1) is 15.4. The monoisotopic (exact) mass is 256 g/mol. The molecule has 0 radical (unpaired) electrons. The molecule has 18 heavy (non-hydrogen) atoms. The molecule has 0 saturated carbocycles. The topological polar surface area (TPSA) is 41.6 Å². The average molecular weight is 256 g/mol. The molecule has 1 rings (SSSR count). The number of amides is 1. The normalized spacial score (nSPS) is 17.6. The zero-order valence-electron chi connectivity index (χ0n) is 12.1. The van der Waals surface area contributed by atoms with Gasteiger partial charge < -0.3 is 15.0 Å². The zero-order chi connectivity index (χ0) is 13.4. The maximum Gasteiger partial charge on any atom is 0.236 e. The zero-order valence-corrected chi connectivity index (χ0v) is 12.1. The minimum absolute atomic E-state index is 0.201. The Morgan fingerprint density at radius 1 is 1.22 bits per heavy atom. The highest BCUT2D eigenvalue weighted by atomic mass is 16.5. The van der Waals surface area contributed by atoms with Crippen molar-refractivity contribution >= 4 is 5.91 Å². The number of rotatable bonds is 6. The molecule has 0 aromatic rings. The molecule has 0 unspecified atom stereocenters. The van der Waals surface area contributed by atoms with E-state index in [0.29, 0.717) is 19.7 Å². The average Bonchev–Trinajstić information content (AvgIpc) is 2.56. The molecule has 0 spiro atoms. The maximum absolute atomic E-state index is 12.0. The van der Waals surface area contributed by atoms with Gasteiger partial charge in [0.25, 0.3) is 0 Å². The largest absolute Gasteiger partial charge is 0.375 e. The van der Waals surface area contributed by atoms with Crippen LogP contribution >= 0.6 is 0 Å². The molecule has 0 aromatic carbocycles. The molecular formula is C14H28N2O2. The van der Waals surface area contributed by atoms with Gasteiger partial charge in [0.1, 0.15) is 0 Å². The second-order valence-electron chi connectivity index (χ2n) is 5.59. The van der Waals surface area contributed by atoms with E-state index >= 15 is 0 Å². The van der Waals surface area contributed by atoms with E-state index in [1.54, 1.807) is 0 Å². The SMILES string of the molecule is CCOC(C)(C)CNCC(=O)N1CCCCCC1. The number of likely N-dealkylation sites (tertiary alicyclic amines) is 1. The maximum atomic E-state index is 12.0. The van der Waals surface area contributed by atoms with Crippen molar-refractivity contribution in [3.05, 3.63) is 0 Å². The molecule has 0 aliphatic carbocycles. The van der Waals surface area contributed by atoms with Crippen LogP contribution < -0.4 is 5.32 Å². The molecule has 0 bridgehead atoms. The summed E-state index contributed by atoms with van der Waals surface area (Å²) in [5.74, 6) is 0.226. The fourth-order valence-electron chi connectivity index (χ4n) is 2.34. The fourth-order valence-corrected chi connectivity index (χ4v) is 2.34. The van der Waals surface area contributed by atoms with Crippen LogP contribution in [0.3, 0.4) is 0 Å². The van der Waals surface area contributed by atoms with E-state index in [9.17, 15) is 4.79 Å². The molecule has 1 saturated heterocycles. The summed E-state index contributed by atoms with van der Waals surface area (Å²) in [4.78, 5) is 14.0. The fraction of sp³-hybridized carbons (Fsp3) is 0.929. The summed E-state index contributed by atoms with van der Waals surface area (Å²) >= 11 is 0. The standard InChI is InChI=1S/C14H28N2O2/c1-4-18-14(2,3)12-15-11-13(17)16-9-7-5-6-8-10-16/h15H,4-12H2,1-3H3. The number of hydrogen-bond donors (Lipinski definition) is 1. The van der Waals surface area contributed by atoms with Crippen molar-refractivity contribution in [2.75, 3.05) is 32.8 Å². The minimum atomic E-state index is -0.201. The first-order chi connectivity index (χ1) is 8.55. The van der Waals surface area contributed by atoms with Gasteiger partial charge in [-0.15, -0.1) is 0 Å². The quantitative estimate of drug-likeness (QED) is 0.788. The Hall–Kier alpha value is -0.610. The van der Waals surface area contributed by atoms with Crippen LogP contribution in [0.15, 0.2) is 0 Å². The Balaban J connectivity index is 2.23. The van der Waals surface area contributed by atoms with Crippen LogP contribution in [0.25, 0.3) is 0 Å². The van der Waals surface area contributed by atoms with Gasteiger partial charge in [0, 0.05) is 26.2 Å². The number of carbonyl (C=O) groups excluding carboxylic acids is 1. The molecule has 1 fully saturated rings. The van der Waals surface area contributed by atoms with Gasteiger partial charge in [-0.25, -0.2) is 0 Å². The Bertz CT molecular complexity index is 246. The second kappa shape index (κ2) is 7.74. The van der Waals surface area contributed by atoms with Crippen LogP contribution in [-0.2, 0) is 9.53 Å². The van der Waals surface area contributed by atoms with E-state index in [1.807, 2.05) is 25.7 Å². The summed E-state index contributed by atoms with van der Waals surface area (Å²) in [6.45, 7) is 9.76. The summed E-state index contributed by atoms with van der Waals surface area (Å²) in [5.41, 5.74) is -0.201. The van der Waals surface area contributed by atoms with Crippen molar-refractivity contribution in [2.45, 2.75) is 52.1 Å². The van der Waals surface area contributed by atoms with E-state index in [-0.39, 0.29) is 11.5 Å². The number of carbonyl (C=O) groups is 1. The number of hydrogen-bond acceptors (Lipinski definition) is 3. The van der Waals surface area contributed by atoms with Gasteiger partial charge in [0.2, 0.25) is 5.91 Å². The predicted octanol–water partition coefficient (Wildman–Crippen LogP) is 1.79. The lowest BCUT2D eigenvalue weighted by atomic mass is 10.1. The number of nitrogens with zero attached hydrogens (tertiary/aromatic N) is 1. The van der Waals surface area contributed by atoms with Gasteiger partial charge in [0.15, 0.2) is 0 Å². The van der Waals surface area contributed by atoms with Crippen LogP contribution in [0, 0.1) is 0 Å². The molecule has 4 nitrogen and oxygen atoms in total. The summed E-state index contributed by atoms with van der Waals surface area (Å²) in [6, 6.07) is 0. The summed E-state index contributed by atoms with van der Waals surface area (Å²) < 4.78 is 5.59. The van der Waals surface area contributed by atoms with E-state index < -0.39 is 0 Å². The second-order valence-corrected chi connectivity index (χ2v) is 5.59. The van der Waals surface area contributed by atoms with Crippen LogP contribution in [-0.4, -0.2) is 49.2 Å². The highest BCUT2D eigenvalue weighted by Gasteiger charge is 2.19. The van der Waals surface area contributed by atoms with E-state index in [2.05, 4.69) is 5.32 Å². The third-order valence-electron chi connectivity index (χ3n) is 3.32. The van der Waals surface area contributed by atoms with Gasteiger partial charge in [-0.2, -0.15) is 0 Å². The van der Waals surface area contributed by atoms with Crippen molar-refractivity contribution in [1.82, 2.24) is 10.2 Å². The van der Waals surface area contributed by atoms with E-state index in [1.165, 1.54) is 12.8 Å². The van der Waals surface area contributed by atoms with Crippen LogP contribution in [0.4, 0.5) is 0 Å². The third-order valence-corrected chi connectivity index (χ3v) is 3.32. The summed E-state index contributed by atoms with van der Waals surface area (Å²) in [7, 11) is 0. The lowest BCUT2D eigenvalue weighted by Gasteiger charge is -2.26. The van der Waals surface area contributed by atoms with Crippen LogP contribution in [0.2, 0.25) is 0 Å². The molecular weight excluding hydrogens is 228 g/mol. The smallest absolute Gasteiger partial charge is 0.236 e. The Labute approximate surface area is 111 Å². The molecule has 1 aliphatic heterocycles. The molecule has 1 amide bonds. The lowest BCUT2D eigenvalue weighted by Crippen LogP contribution is -2.44. The van der Waals surface area contributed by atoms with Gasteiger partial charge in [-0.3, -0.25) is 4.79 Å². The number of ether oxygens (including phenoxy) is 1. The summed E-state index contributed by atoms with van der Waals surface area (Å²) in [6.07, 6.45) is 4.81. The third kappa shape index (κ3) is 5.83. The van der Waals surface area contributed by atoms with E-state index in [0.717, 1.165) is 25.9 Å². The van der Waals surface area contributed by atoms with Crippen molar-refractivity contribution < 1.29 is 9.53 Å². The lowest BCUT2D eigenvalue weighted by molar-refractivity contribution is -0.130. The molecule has 0 aromatic heterocycles. The minimum Gasteiger partial charge on any atom is -0.375 e. The Morgan fingerprint density at radius 3 is 2.39 bits per heavy atom. The molecule has 106 valence electrons. The summed E-state index contributed by atoms with van der Waals surface area (Å²) in [5, 5.41) is 3.21. The molecule has 4 heteroatoms. The first-order valence-corrected chi connectivity index (χ1v) is 7.17. The van der Waals surface area contributed by atoms with Crippen LogP contribution in [0.1, 0.15) is 46.5 Å². The van der Waals surface area contributed by atoms with Crippen molar-refractivity contribution in [2.24, 2.45) is 0 Å². The molecule has 1 heterocycles. The highest BCUT2D eigenvalue weighted by molar-refractivity contribution is 5.78. The van der Waals surface area contributed by atoms with Crippen molar-refractivity contribution in [1.29, 1.82) is 0 Å². The molecule has 1 N–H and O–H groups in total. The van der Waals surface area contributed by atoms with Gasteiger partial charge in [-0.05, 0) is 33.6 Å².